The van der Waals surface area contributed by atoms with Crippen LogP contribution in [-0.4, -0.2) is 53.6 Å². The first-order valence-electron chi connectivity index (χ1n) is 7.05. The number of aliphatic hydroxyl groups excluding tert-OH is 1. The molecule has 1 heterocycles. The molecule has 0 aliphatic carbocycles. The molecule has 1 saturated heterocycles. The molecule has 5 nitrogen and oxygen atoms in total. The minimum absolute atomic E-state index is 0.0392. The predicted octanol–water partition coefficient (Wildman–Crippen LogP) is 2.17. The van der Waals surface area contributed by atoms with Crippen LogP contribution in [0.3, 0.4) is 0 Å². The van der Waals surface area contributed by atoms with Gasteiger partial charge in [0, 0.05) is 13.1 Å². The van der Waals surface area contributed by atoms with E-state index in [2.05, 4.69) is 6.92 Å². The third kappa shape index (κ3) is 4.99. The van der Waals surface area contributed by atoms with Gasteiger partial charge in [-0.3, -0.25) is 0 Å². The highest BCUT2D eigenvalue weighted by molar-refractivity contribution is 5.68. The van der Waals surface area contributed by atoms with Crippen LogP contribution in [0.15, 0.2) is 0 Å². The summed E-state index contributed by atoms with van der Waals surface area (Å²) in [5.74, 6) is 0. The minimum atomic E-state index is -0.455. The van der Waals surface area contributed by atoms with Crippen molar-refractivity contribution in [1.82, 2.24) is 4.90 Å². The van der Waals surface area contributed by atoms with Gasteiger partial charge in [-0.25, -0.2) is 4.79 Å². The summed E-state index contributed by atoms with van der Waals surface area (Å²) in [4.78, 5) is 13.7. The topological polar surface area (TPSA) is 59.0 Å². The zero-order chi connectivity index (χ0) is 14.5. The van der Waals surface area contributed by atoms with E-state index in [9.17, 15) is 4.79 Å². The summed E-state index contributed by atoms with van der Waals surface area (Å²) >= 11 is 0. The Balaban J connectivity index is 2.49. The van der Waals surface area contributed by atoms with Crippen LogP contribution >= 0.6 is 0 Å². The lowest BCUT2D eigenvalue weighted by atomic mass is 9.88. The quantitative estimate of drug-likeness (QED) is 0.853. The number of piperidine rings is 1. The first-order valence-corrected chi connectivity index (χ1v) is 7.05. The van der Waals surface area contributed by atoms with Crippen molar-refractivity contribution in [3.8, 4) is 0 Å². The molecule has 0 radical (unpaired) electrons. The van der Waals surface area contributed by atoms with Gasteiger partial charge in [-0.2, -0.15) is 0 Å². The van der Waals surface area contributed by atoms with Gasteiger partial charge in [0.2, 0.25) is 0 Å². The lowest BCUT2D eigenvalue weighted by Gasteiger charge is -2.41. The Labute approximate surface area is 115 Å². The summed E-state index contributed by atoms with van der Waals surface area (Å²) in [5, 5.41) is 8.87. The molecule has 0 bridgehead atoms. The van der Waals surface area contributed by atoms with E-state index in [1.165, 1.54) is 0 Å². The van der Waals surface area contributed by atoms with Gasteiger partial charge in [-0.15, -0.1) is 0 Å². The highest BCUT2D eigenvalue weighted by atomic mass is 16.6. The largest absolute Gasteiger partial charge is 0.444 e. The predicted molar refractivity (Wildman–Crippen MR) is 73.1 cm³/mol. The van der Waals surface area contributed by atoms with E-state index in [1.54, 1.807) is 4.90 Å². The number of hydrogen-bond donors (Lipinski definition) is 1. The fraction of sp³-hybridized carbons (Fsp3) is 0.929. The van der Waals surface area contributed by atoms with E-state index in [4.69, 9.17) is 14.6 Å². The molecule has 0 atom stereocenters. The van der Waals surface area contributed by atoms with Crippen LogP contribution in [0.4, 0.5) is 4.79 Å². The SMILES string of the molecule is CCC1(OCCO)CCN(C(=O)OC(C)(C)C)CC1. The Morgan fingerprint density at radius 2 is 1.89 bits per heavy atom. The summed E-state index contributed by atoms with van der Waals surface area (Å²) in [6, 6.07) is 0. The Bertz CT molecular complexity index is 290. The van der Waals surface area contributed by atoms with Gasteiger partial charge in [0.1, 0.15) is 5.60 Å². The Kier molecular flexibility index (Phi) is 5.62. The van der Waals surface area contributed by atoms with Crippen LogP contribution in [0, 0.1) is 0 Å². The highest BCUT2D eigenvalue weighted by Gasteiger charge is 2.36. The highest BCUT2D eigenvalue weighted by Crippen LogP contribution is 2.30. The van der Waals surface area contributed by atoms with Crippen LogP contribution < -0.4 is 0 Å². The molecule has 0 aromatic rings. The average molecular weight is 273 g/mol. The molecular formula is C14H27NO4. The Morgan fingerprint density at radius 3 is 2.32 bits per heavy atom. The van der Waals surface area contributed by atoms with Gasteiger partial charge in [0.05, 0.1) is 18.8 Å². The van der Waals surface area contributed by atoms with E-state index < -0.39 is 5.60 Å². The molecule has 1 aliphatic heterocycles. The summed E-state index contributed by atoms with van der Waals surface area (Å²) in [5.41, 5.74) is -0.648. The lowest BCUT2D eigenvalue weighted by Crippen LogP contribution is -2.49. The minimum Gasteiger partial charge on any atom is -0.444 e. The molecule has 0 unspecified atom stereocenters. The molecule has 5 heteroatoms. The van der Waals surface area contributed by atoms with E-state index in [-0.39, 0.29) is 18.3 Å². The zero-order valence-electron chi connectivity index (χ0n) is 12.6. The third-order valence-electron chi connectivity index (χ3n) is 3.47. The molecule has 1 fully saturated rings. The number of rotatable bonds is 4. The van der Waals surface area contributed by atoms with Gasteiger partial charge >= 0.3 is 6.09 Å². The fourth-order valence-electron chi connectivity index (χ4n) is 2.29. The van der Waals surface area contributed by atoms with Gasteiger partial charge in [-0.1, -0.05) is 6.92 Å². The second-order valence-electron chi connectivity index (χ2n) is 6.08. The average Bonchev–Trinajstić information content (AvgIpc) is 2.35. The number of nitrogens with zero attached hydrogens (tertiary/aromatic N) is 1. The monoisotopic (exact) mass is 273 g/mol. The number of carbonyl (C=O) groups excluding carboxylic acids is 1. The molecule has 1 N–H and O–H groups in total. The molecule has 19 heavy (non-hydrogen) atoms. The van der Waals surface area contributed by atoms with Crippen LogP contribution in [0.25, 0.3) is 0 Å². The Morgan fingerprint density at radius 1 is 1.32 bits per heavy atom. The number of ether oxygens (including phenoxy) is 2. The number of hydrogen-bond acceptors (Lipinski definition) is 4. The van der Waals surface area contributed by atoms with Crippen molar-refractivity contribution >= 4 is 6.09 Å². The van der Waals surface area contributed by atoms with E-state index in [0.29, 0.717) is 19.7 Å². The molecule has 0 spiro atoms. The van der Waals surface area contributed by atoms with Crippen molar-refractivity contribution in [2.24, 2.45) is 0 Å². The smallest absolute Gasteiger partial charge is 0.410 e. The number of amides is 1. The summed E-state index contributed by atoms with van der Waals surface area (Å²) in [6.07, 6.45) is 2.24. The van der Waals surface area contributed by atoms with Gasteiger partial charge in [-0.05, 0) is 40.0 Å². The van der Waals surface area contributed by atoms with Crippen molar-refractivity contribution in [3.05, 3.63) is 0 Å². The third-order valence-corrected chi connectivity index (χ3v) is 3.47. The lowest BCUT2D eigenvalue weighted by molar-refractivity contribution is -0.0947. The van der Waals surface area contributed by atoms with Gasteiger partial charge < -0.3 is 19.5 Å². The molecular weight excluding hydrogens is 246 g/mol. The second-order valence-corrected chi connectivity index (χ2v) is 6.08. The number of likely N-dealkylation sites (tertiary alicyclic amines) is 1. The first kappa shape index (κ1) is 16.2. The number of aliphatic hydroxyl groups is 1. The maximum Gasteiger partial charge on any atom is 0.410 e. The molecule has 1 rings (SSSR count). The molecule has 0 saturated carbocycles. The van der Waals surface area contributed by atoms with Crippen LogP contribution in [0.5, 0.6) is 0 Å². The maximum absolute atomic E-state index is 12.0. The van der Waals surface area contributed by atoms with Crippen molar-refractivity contribution in [2.75, 3.05) is 26.3 Å². The molecule has 1 amide bonds. The van der Waals surface area contributed by atoms with Gasteiger partial charge in [0.15, 0.2) is 0 Å². The second kappa shape index (κ2) is 6.57. The molecule has 0 aromatic heterocycles. The Hall–Kier alpha value is -0.810. The summed E-state index contributed by atoms with van der Waals surface area (Å²) in [6.45, 7) is 9.39. The molecule has 0 aromatic carbocycles. The van der Waals surface area contributed by atoms with Crippen molar-refractivity contribution in [1.29, 1.82) is 0 Å². The van der Waals surface area contributed by atoms with Crippen molar-refractivity contribution in [3.63, 3.8) is 0 Å². The van der Waals surface area contributed by atoms with Crippen LogP contribution in [-0.2, 0) is 9.47 Å². The van der Waals surface area contributed by atoms with E-state index >= 15 is 0 Å². The standard InChI is InChI=1S/C14H27NO4/c1-5-14(18-11-10-16)6-8-15(9-7-14)12(17)19-13(2,3)4/h16H,5-11H2,1-4H3. The zero-order valence-corrected chi connectivity index (χ0v) is 12.6. The molecule has 1 aliphatic rings. The van der Waals surface area contributed by atoms with Crippen molar-refractivity contribution in [2.45, 2.75) is 58.2 Å². The fourth-order valence-corrected chi connectivity index (χ4v) is 2.29. The molecule has 112 valence electrons. The normalized spacial score (nSPS) is 19.3. The van der Waals surface area contributed by atoms with Crippen LogP contribution in [0.1, 0.15) is 47.0 Å². The summed E-state index contributed by atoms with van der Waals surface area (Å²) < 4.78 is 11.1. The number of carbonyl (C=O) groups is 1. The van der Waals surface area contributed by atoms with Gasteiger partial charge in [0.25, 0.3) is 0 Å². The van der Waals surface area contributed by atoms with E-state index in [0.717, 1.165) is 19.3 Å². The van der Waals surface area contributed by atoms with Crippen LogP contribution in [0.2, 0.25) is 0 Å². The van der Waals surface area contributed by atoms with E-state index in [1.807, 2.05) is 20.8 Å². The maximum atomic E-state index is 12.0. The summed E-state index contributed by atoms with van der Waals surface area (Å²) in [7, 11) is 0. The van der Waals surface area contributed by atoms with Crippen molar-refractivity contribution < 1.29 is 19.4 Å². The first-order chi connectivity index (χ1) is 8.82.